The van der Waals surface area contributed by atoms with E-state index in [9.17, 15) is 4.79 Å². The number of hydrogen-bond acceptors (Lipinski definition) is 4. The summed E-state index contributed by atoms with van der Waals surface area (Å²) in [6.07, 6.45) is -0.753. The first kappa shape index (κ1) is 14.6. The van der Waals surface area contributed by atoms with Gasteiger partial charge in [-0.05, 0) is 18.1 Å². The minimum atomic E-state index is -0.841. The average molecular weight is 253 g/mol. The minimum absolute atomic E-state index is 0.262. The van der Waals surface area contributed by atoms with Crippen molar-refractivity contribution < 1.29 is 20.1 Å². The third-order valence-corrected chi connectivity index (χ3v) is 2.77. The zero-order valence-corrected chi connectivity index (χ0v) is 10.3. The summed E-state index contributed by atoms with van der Waals surface area (Å²) in [6, 6.07) is 7.29. The van der Waals surface area contributed by atoms with E-state index >= 15 is 0 Å². The van der Waals surface area contributed by atoms with Crippen LogP contribution in [0.4, 0.5) is 0 Å². The van der Waals surface area contributed by atoms with Crippen LogP contribution in [0, 0.1) is 0 Å². The fourth-order valence-electron chi connectivity index (χ4n) is 1.51. The standard InChI is InChI=1S/C13H19NO4/c1-9(13(17)18)11-4-2-10(3-5-11)6-14-7-12(16)8-15/h2-5,9,12,14-16H,6-8H2,1H3,(H,17,18). The van der Waals surface area contributed by atoms with Gasteiger partial charge in [-0.25, -0.2) is 0 Å². The van der Waals surface area contributed by atoms with Gasteiger partial charge in [-0.15, -0.1) is 0 Å². The van der Waals surface area contributed by atoms with Crippen molar-refractivity contribution in [3.05, 3.63) is 35.4 Å². The largest absolute Gasteiger partial charge is 0.481 e. The van der Waals surface area contributed by atoms with Crippen LogP contribution in [0.1, 0.15) is 24.0 Å². The molecule has 2 unspecified atom stereocenters. The molecule has 0 fully saturated rings. The lowest BCUT2D eigenvalue weighted by Gasteiger charge is -2.10. The molecule has 2 atom stereocenters. The second kappa shape index (κ2) is 7.10. The summed E-state index contributed by atoms with van der Waals surface area (Å²) in [5.74, 6) is -1.35. The predicted octanol–water partition coefficient (Wildman–Crippen LogP) is 0.317. The number of rotatable bonds is 7. The molecular formula is C13H19NO4. The van der Waals surface area contributed by atoms with Crippen LogP contribution in [-0.4, -0.2) is 40.5 Å². The number of carbonyl (C=O) groups is 1. The zero-order valence-electron chi connectivity index (χ0n) is 10.3. The Morgan fingerprint density at radius 3 is 2.44 bits per heavy atom. The summed E-state index contributed by atoms with van der Waals surface area (Å²) in [7, 11) is 0. The molecule has 5 heteroatoms. The van der Waals surface area contributed by atoms with E-state index in [2.05, 4.69) is 5.32 Å². The Kier molecular flexibility index (Phi) is 5.77. The lowest BCUT2D eigenvalue weighted by Crippen LogP contribution is -2.28. The van der Waals surface area contributed by atoms with E-state index in [4.69, 9.17) is 15.3 Å². The quantitative estimate of drug-likeness (QED) is 0.562. The summed E-state index contributed by atoms with van der Waals surface area (Å²) >= 11 is 0. The molecule has 0 aliphatic rings. The topological polar surface area (TPSA) is 89.8 Å². The van der Waals surface area contributed by atoms with Gasteiger partial charge in [0.2, 0.25) is 0 Å². The molecule has 1 aromatic carbocycles. The first-order chi connectivity index (χ1) is 8.54. The SMILES string of the molecule is CC(C(=O)O)c1ccc(CNCC(O)CO)cc1. The van der Waals surface area contributed by atoms with Crippen LogP contribution >= 0.6 is 0 Å². The van der Waals surface area contributed by atoms with Crippen LogP contribution < -0.4 is 5.32 Å². The third-order valence-electron chi connectivity index (χ3n) is 2.77. The van der Waals surface area contributed by atoms with Crippen molar-refractivity contribution in [1.82, 2.24) is 5.32 Å². The molecule has 0 saturated carbocycles. The predicted molar refractivity (Wildman–Crippen MR) is 67.3 cm³/mol. The average Bonchev–Trinajstić information content (AvgIpc) is 2.38. The Balaban J connectivity index is 2.48. The van der Waals surface area contributed by atoms with Gasteiger partial charge in [0.1, 0.15) is 0 Å². The molecule has 0 heterocycles. The first-order valence-electron chi connectivity index (χ1n) is 5.86. The Bertz CT molecular complexity index is 377. The monoisotopic (exact) mass is 253 g/mol. The van der Waals surface area contributed by atoms with Crippen molar-refractivity contribution in [1.29, 1.82) is 0 Å². The van der Waals surface area contributed by atoms with Gasteiger partial charge in [0, 0.05) is 13.1 Å². The molecular weight excluding hydrogens is 234 g/mol. The lowest BCUT2D eigenvalue weighted by atomic mass is 10.00. The summed E-state index contributed by atoms with van der Waals surface area (Å²) < 4.78 is 0. The van der Waals surface area contributed by atoms with Crippen molar-refractivity contribution in [2.75, 3.05) is 13.2 Å². The van der Waals surface area contributed by atoms with Gasteiger partial charge >= 0.3 is 5.97 Å². The van der Waals surface area contributed by atoms with Crippen molar-refractivity contribution >= 4 is 5.97 Å². The Hall–Kier alpha value is -1.43. The van der Waals surface area contributed by atoms with E-state index < -0.39 is 18.0 Å². The van der Waals surface area contributed by atoms with Crippen LogP contribution in [0.5, 0.6) is 0 Å². The maximum absolute atomic E-state index is 10.8. The molecule has 0 aliphatic heterocycles. The highest BCUT2D eigenvalue weighted by atomic mass is 16.4. The second-order valence-electron chi connectivity index (χ2n) is 4.27. The molecule has 0 bridgehead atoms. The van der Waals surface area contributed by atoms with E-state index in [1.807, 2.05) is 12.1 Å². The molecule has 0 radical (unpaired) electrons. The van der Waals surface area contributed by atoms with Gasteiger partial charge in [-0.3, -0.25) is 4.79 Å². The first-order valence-corrected chi connectivity index (χ1v) is 5.86. The van der Waals surface area contributed by atoms with E-state index in [0.29, 0.717) is 13.1 Å². The number of carboxylic acid groups (broad SMARTS) is 1. The number of aliphatic hydroxyl groups is 2. The normalized spacial score (nSPS) is 14.2. The minimum Gasteiger partial charge on any atom is -0.481 e. The molecule has 1 rings (SSSR count). The van der Waals surface area contributed by atoms with Gasteiger partial charge in [-0.1, -0.05) is 24.3 Å². The van der Waals surface area contributed by atoms with Crippen LogP contribution in [0.3, 0.4) is 0 Å². The molecule has 5 nitrogen and oxygen atoms in total. The number of aliphatic hydroxyl groups excluding tert-OH is 2. The molecule has 18 heavy (non-hydrogen) atoms. The summed E-state index contributed by atoms with van der Waals surface area (Å²) in [5, 5.41) is 29.6. The molecule has 0 saturated heterocycles. The lowest BCUT2D eigenvalue weighted by molar-refractivity contribution is -0.138. The van der Waals surface area contributed by atoms with E-state index in [0.717, 1.165) is 11.1 Å². The highest BCUT2D eigenvalue weighted by Gasteiger charge is 2.12. The summed E-state index contributed by atoms with van der Waals surface area (Å²) in [4.78, 5) is 10.8. The third kappa shape index (κ3) is 4.44. The van der Waals surface area contributed by atoms with Crippen LogP contribution in [-0.2, 0) is 11.3 Å². The highest BCUT2D eigenvalue weighted by molar-refractivity contribution is 5.75. The number of nitrogens with one attached hydrogen (secondary N) is 1. The highest BCUT2D eigenvalue weighted by Crippen LogP contribution is 2.15. The number of benzene rings is 1. The van der Waals surface area contributed by atoms with E-state index in [-0.39, 0.29) is 6.61 Å². The second-order valence-corrected chi connectivity index (χ2v) is 4.27. The van der Waals surface area contributed by atoms with Gasteiger partial charge in [0.15, 0.2) is 0 Å². The maximum Gasteiger partial charge on any atom is 0.310 e. The molecule has 0 amide bonds. The van der Waals surface area contributed by atoms with Crippen molar-refractivity contribution in [3.8, 4) is 0 Å². The molecule has 0 spiro atoms. The zero-order chi connectivity index (χ0) is 13.5. The Labute approximate surface area is 106 Å². The number of carboxylic acids is 1. The molecule has 100 valence electrons. The van der Waals surface area contributed by atoms with Crippen LogP contribution in [0.2, 0.25) is 0 Å². The van der Waals surface area contributed by atoms with Crippen LogP contribution in [0.25, 0.3) is 0 Å². The van der Waals surface area contributed by atoms with Gasteiger partial charge < -0.3 is 20.6 Å². The Morgan fingerprint density at radius 1 is 1.33 bits per heavy atom. The molecule has 1 aromatic rings. The Morgan fingerprint density at radius 2 is 1.94 bits per heavy atom. The number of aliphatic carboxylic acids is 1. The van der Waals surface area contributed by atoms with Gasteiger partial charge in [0.25, 0.3) is 0 Å². The van der Waals surface area contributed by atoms with Crippen molar-refractivity contribution in [2.45, 2.75) is 25.5 Å². The van der Waals surface area contributed by atoms with Gasteiger partial charge in [-0.2, -0.15) is 0 Å². The fraction of sp³-hybridized carbons (Fsp3) is 0.462. The summed E-state index contributed by atoms with van der Waals surface area (Å²) in [5.41, 5.74) is 1.77. The van der Waals surface area contributed by atoms with E-state index in [1.54, 1.807) is 19.1 Å². The van der Waals surface area contributed by atoms with E-state index in [1.165, 1.54) is 0 Å². The van der Waals surface area contributed by atoms with Gasteiger partial charge in [0.05, 0.1) is 18.6 Å². The molecule has 4 N–H and O–H groups in total. The molecule has 0 aliphatic carbocycles. The smallest absolute Gasteiger partial charge is 0.310 e. The molecule has 0 aromatic heterocycles. The fourth-order valence-corrected chi connectivity index (χ4v) is 1.51. The number of hydrogen-bond donors (Lipinski definition) is 4. The van der Waals surface area contributed by atoms with Crippen molar-refractivity contribution in [2.24, 2.45) is 0 Å². The van der Waals surface area contributed by atoms with Crippen molar-refractivity contribution in [3.63, 3.8) is 0 Å². The van der Waals surface area contributed by atoms with Crippen LogP contribution in [0.15, 0.2) is 24.3 Å². The summed E-state index contributed by atoms with van der Waals surface area (Å²) in [6.45, 7) is 2.28. The maximum atomic E-state index is 10.8.